The highest BCUT2D eigenvalue weighted by molar-refractivity contribution is 5.99. The van der Waals surface area contributed by atoms with Gasteiger partial charge in [0, 0.05) is 33.5 Å². The van der Waals surface area contributed by atoms with Crippen molar-refractivity contribution in [1.82, 2.24) is 0 Å². The first-order chi connectivity index (χ1) is 29.8. The summed E-state index contributed by atoms with van der Waals surface area (Å²) in [5, 5.41) is 0. The van der Waals surface area contributed by atoms with Gasteiger partial charge in [-0.1, -0.05) is 165 Å². The second-order valence-corrected chi connectivity index (χ2v) is 20.5. The molecule has 0 saturated carbocycles. The first-order valence-corrected chi connectivity index (χ1v) is 22.5. The van der Waals surface area contributed by atoms with E-state index in [2.05, 4.69) is 224 Å². The van der Waals surface area contributed by atoms with Crippen LogP contribution in [0.2, 0.25) is 0 Å². The quantitative estimate of drug-likeness (QED) is 0.176. The van der Waals surface area contributed by atoms with E-state index < -0.39 is 5.41 Å². The third-order valence-corrected chi connectivity index (χ3v) is 14.3. The Hall–Kier alpha value is -6.38. The Labute approximate surface area is 368 Å². The fraction of sp³-hybridized carbons (Fsp3) is 0.233. The molecule has 306 valence electrons. The molecule has 1 aliphatic heterocycles. The minimum Gasteiger partial charge on any atom is -0.457 e. The van der Waals surface area contributed by atoms with Gasteiger partial charge in [0.05, 0.1) is 11.1 Å². The molecule has 1 spiro atoms. The van der Waals surface area contributed by atoms with Crippen molar-refractivity contribution in [3.05, 3.63) is 214 Å². The summed E-state index contributed by atoms with van der Waals surface area (Å²) in [4.78, 5) is 2.53. The maximum Gasteiger partial charge on any atom is 0.132 e. The van der Waals surface area contributed by atoms with Crippen LogP contribution in [0, 0.1) is 0 Å². The molecule has 11 rings (SSSR count). The van der Waals surface area contributed by atoms with Gasteiger partial charge in [-0.15, -0.1) is 0 Å². The molecule has 3 aliphatic carbocycles. The second-order valence-electron chi connectivity index (χ2n) is 20.5. The molecule has 0 unspecified atom stereocenters. The standard InChI is InChI=1S/C60H55NO/c1-57(2,3)40-27-33-54-51(35-40)60(52-36-41(58(4,5)6)28-34-55(52)62-54)48-22-15-13-20-46(48)56-49(60)23-16-24-53(56)61(42-29-25-39(26-30-42)38-17-10-9-11-18-38)43-31-32-45-44-19-12-14-21-47(44)59(7,8)50(45)37-43/h9-11,13-18,20-37H,12,19H2,1-8H3. The van der Waals surface area contributed by atoms with E-state index in [9.17, 15) is 0 Å². The van der Waals surface area contributed by atoms with E-state index >= 15 is 0 Å². The smallest absolute Gasteiger partial charge is 0.132 e. The molecule has 62 heavy (non-hydrogen) atoms. The van der Waals surface area contributed by atoms with Crippen LogP contribution in [0.5, 0.6) is 11.5 Å². The van der Waals surface area contributed by atoms with Crippen LogP contribution < -0.4 is 9.64 Å². The van der Waals surface area contributed by atoms with E-state index in [0.29, 0.717) is 0 Å². The van der Waals surface area contributed by atoms with Crippen LogP contribution in [0.1, 0.15) is 113 Å². The van der Waals surface area contributed by atoms with Crippen molar-refractivity contribution in [1.29, 1.82) is 0 Å². The zero-order chi connectivity index (χ0) is 42.8. The molecular formula is C60H55NO. The van der Waals surface area contributed by atoms with Gasteiger partial charge >= 0.3 is 0 Å². The van der Waals surface area contributed by atoms with E-state index in [-0.39, 0.29) is 16.2 Å². The molecule has 0 atom stereocenters. The number of ether oxygens (including phenoxy) is 1. The molecule has 0 N–H and O–H groups in total. The van der Waals surface area contributed by atoms with Crippen LogP contribution in [0.4, 0.5) is 17.1 Å². The summed E-state index contributed by atoms with van der Waals surface area (Å²) in [6.45, 7) is 18.7. The Morgan fingerprint density at radius 3 is 1.81 bits per heavy atom. The Balaban J connectivity index is 1.20. The van der Waals surface area contributed by atoms with E-state index in [1.807, 2.05) is 0 Å². The molecule has 0 amide bonds. The molecule has 7 aromatic carbocycles. The Bertz CT molecular complexity index is 2950. The van der Waals surface area contributed by atoms with Crippen LogP contribution in [-0.2, 0) is 21.7 Å². The van der Waals surface area contributed by atoms with Crippen molar-refractivity contribution >= 4 is 22.6 Å². The monoisotopic (exact) mass is 805 g/mol. The molecule has 0 radical (unpaired) electrons. The number of benzene rings is 7. The summed E-state index contributed by atoms with van der Waals surface area (Å²) < 4.78 is 6.98. The highest BCUT2D eigenvalue weighted by Crippen LogP contribution is 2.65. The average molecular weight is 806 g/mol. The highest BCUT2D eigenvalue weighted by Gasteiger charge is 2.53. The number of hydrogen-bond acceptors (Lipinski definition) is 2. The van der Waals surface area contributed by atoms with Crippen LogP contribution in [0.3, 0.4) is 0 Å². The summed E-state index contributed by atoms with van der Waals surface area (Å²) >= 11 is 0. The first-order valence-electron chi connectivity index (χ1n) is 22.5. The van der Waals surface area contributed by atoms with E-state index in [1.165, 1.54) is 83.6 Å². The van der Waals surface area contributed by atoms with Crippen molar-refractivity contribution < 1.29 is 4.74 Å². The van der Waals surface area contributed by atoms with Gasteiger partial charge in [-0.05, 0) is 139 Å². The Morgan fingerprint density at radius 2 is 1.13 bits per heavy atom. The summed E-state index contributed by atoms with van der Waals surface area (Å²) in [5.74, 6) is 1.84. The van der Waals surface area contributed by atoms with E-state index in [1.54, 1.807) is 0 Å². The van der Waals surface area contributed by atoms with Gasteiger partial charge in [-0.3, -0.25) is 0 Å². The molecule has 0 fully saturated rings. The molecule has 1 heterocycles. The second kappa shape index (κ2) is 13.6. The minimum atomic E-state index is -0.620. The number of anilines is 3. The number of allylic oxidation sites excluding steroid dienone is 4. The lowest BCUT2D eigenvalue weighted by Gasteiger charge is -2.41. The zero-order valence-electron chi connectivity index (χ0n) is 37.4. The van der Waals surface area contributed by atoms with Crippen LogP contribution >= 0.6 is 0 Å². The van der Waals surface area contributed by atoms with Crippen molar-refractivity contribution in [2.75, 3.05) is 4.90 Å². The number of hydrogen-bond donors (Lipinski definition) is 0. The summed E-state index contributed by atoms with van der Waals surface area (Å²) in [6.07, 6.45) is 6.94. The summed E-state index contributed by atoms with van der Waals surface area (Å²) in [7, 11) is 0. The largest absolute Gasteiger partial charge is 0.457 e. The maximum absolute atomic E-state index is 6.98. The van der Waals surface area contributed by atoms with E-state index in [4.69, 9.17) is 4.74 Å². The van der Waals surface area contributed by atoms with Crippen molar-refractivity contribution in [2.45, 2.75) is 89.9 Å². The van der Waals surface area contributed by atoms with Gasteiger partial charge < -0.3 is 9.64 Å². The lowest BCUT2D eigenvalue weighted by atomic mass is 9.64. The van der Waals surface area contributed by atoms with Gasteiger partial charge in [0.1, 0.15) is 11.5 Å². The third kappa shape index (κ3) is 5.61. The normalized spacial score (nSPS) is 16.2. The minimum absolute atomic E-state index is 0.0551. The molecule has 4 aliphatic rings. The van der Waals surface area contributed by atoms with Crippen molar-refractivity contribution in [2.24, 2.45) is 0 Å². The Morgan fingerprint density at radius 1 is 0.516 bits per heavy atom. The lowest BCUT2D eigenvalue weighted by Crippen LogP contribution is -2.33. The maximum atomic E-state index is 6.98. The van der Waals surface area contributed by atoms with Crippen LogP contribution in [0.25, 0.3) is 27.8 Å². The first kappa shape index (κ1) is 38.5. The van der Waals surface area contributed by atoms with Gasteiger partial charge in [-0.25, -0.2) is 0 Å². The number of nitrogens with zero attached hydrogens (tertiary/aromatic N) is 1. The molecule has 2 nitrogen and oxygen atoms in total. The van der Waals surface area contributed by atoms with Crippen molar-refractivity contribution in [3.8, 4) is 33.8 Å². The fourth-order valence-electron chi connectivity index (χ4n) is 11.1. The van der Waals surface area contributed by atoms with E-state index in [0.717, 1.165) is 35.7 Å². The van der Waals surface area contributed by atoms with Gasteiger partial charge in [-0.2, -0.15) is 0 Å². The van der Waals surface area contributed by atoms with Gasteiger partial charge in [0.25, 0.3) is 0 Å². The molecule has 0 saturated heterocycles. The zero-order valence-corrected chi connectivity index (χ0v) is 37.4. The molecule has 0 aromatic heterocycles. The predicted octanol–water partition coefficient (Wildman–Crippen LogP) is 16.3. The molecule has 0 bridgehead atoms. The summed E-state index contributed by atoms with van der Waals surface area (Å²) in [6, 6.07) is 57.3. The Kier molecular flexibility index (Phi) is 8.43. The summed E-state index contributed by atoms with van der Waals surface area (Å²) in [5.41, 5.74) is 20.9. The topological polar surface area (TPSA) is 12.5 Å². The van der Waals surface area contributed by atoms with Gasteiger partial charge in [0.2, 0.25) is 0 Å². The number of rotatable bonds is 4. The SMILES string of the molecule is CC(C)(C)c1ccc2c(c1)C1(c3cc(C(C)(C)C)ccc3O2)c2ccccc2-c2c(N(c3ccc(-c4ccccc4)cc3)c3ccc4c(c3)C(C)(C)C3=C4CCC=C3)cccc21. The molecular weight excluding hydrogens is 751 g/mol. The fourth-order valence-corrected chi connectivity index (χ4v) is 11.1. The molecule has 2 heteroatoms. The van der Waals surface area contributed by atoms with Crippen LogP contribution in [0.15, 0.2) is 169 Å². The number of fused-ring (bicyclic) bond motifs is 11. The lowest BCUT2D eigenvalue weighted by molar-refractivity contribution is 0.433. The highest BCUT2D eigenvalue weighted by atomic mass is 16.5. The average Bonchev–Trinajstić information content (AvgIpc) is 3.69. The third-order valence-electron chi connectivity index (χ3n) is 14.3. The van der Waals surface area contributed by atoms with Crippen molar-refractivity contribution in [3.63, 3.8) is 0 Å². The van der Waals surface area contributed by atoms with Crippen LogP contribution in [-0.4, -0.2) is 0 Å². The van der Waals surface area contributed by atoms with Gasteiger partial charge in [0.15, 0.2) is 0 Å². The predicted molar refractivity (Wildman–Crippen MR) is 260 cm³/mol. The molecule has 7 aromatic rings.